The molecule has 3 rings (SSSR count). The molecule has 0 radical (unpaired) electrons. The van der Waals surface area contributed by atoms with Gasteiger partial charge in [-0.2, -0.15) is 5.10 Å². The lowest BCUT2D eigenvalue weighted by molar-refractivity contribution is -0.384. The monoisotopic (exact) mass is 425 g/mol. The predicted molar refractivity (Wildman–Crippen MR) is 115 cm³/mol. The Bertz CT molecular complexity index is 1210. The summed E-state index contributed by atoms with van der Waals surface area (Å²) in [6, 6.07) is 12.3. The van der Waals surface area contributed by atoms with Crippen molar-refractivity contribution in [3.05, 3.63) is 87.7 Å². The van der Waals surface area contributed by atoms with E-state index in [1.54, 1.807) is 43.6 Å². The van der Waals surface area contributed by atoms with Crippen molar-refractivity contribution in [2.45, 2.75) is 18.7 Å². The fourth-order valence-corrected chi connectivity index (χ4v) is 3.84. The van der Waals surface area contributed by atoms with Crippen LogP contribution in [0.2, 0.25) is 0 Å². The molecular weight excluding hydrogens is 406 g/mol. The first-order valence-electron chi connectivity index (χ1n) is 8.84. The lowest BCUT2D eigenvalue weighted by Crippen LogP contribution is -2.14. The average Bonchev–Trinajstić information content (AvgIpc) is 2.71. The number of anilines is 2. The summed E-state index contributed by atoms with van der Waals surface area (Å²) >= 11 is 0. The fraction of sp³-hybridized carbons (Fsp3) is 0.100. The van der Waals surface area contributed by atoms with E-state index in [2.05, 4.69) is 20.2 Å². The number of hydrogen-bond acceptors (Lipinski definition) is 7. The van der Waals surface area contributed by atoms with Crippen molar-refractivity contribution in [1.82, 2.24) is 4.98 Å². The van der Waals surface area contributed by atoms with Crippen LogP contribution in [0.15, 0.2) is 70.9 Å². The topological polar surface area (TPSA) is 127 Å². The zero-order valence-electron chi connectivity index (χ0n) is 16.2. The molecule has 154 valence electrons. The van der Waals surface area contributed by atoms with Crippen molar-refractivity contribution >= 4 is 33.3 Å². The van der Waals surface area contributed by atoms with Crippen LogP contribution in [0.3, 0.4) is 0 Å². The van der Waals surface area contributed by atoms with E-state index in [1.165, 1.54) is 18.3 Å². The minimum absolute atomic E-state index is 0.0607. The third kappa shape index (κ3) is 4.97. The first-order chi connectivity index (χ1) is 14.3. The molecule has 30 heavy (non-hydrogen) atoms. The Kier molecular flexibility index (Phi) is 6.07. The van der Waals surface area contributed by atoms with Gasteiger partial charge in [0.1, 0.15) is 5.69 Å². The smallest absolute Gasteiger partial charge is 0.279 e. The van der Waals surface area contributed by atoms with Crippen LogP contribution >= 0.6 is 0 Å². The molecule has 10 heteroatoms. The van der Waals surface area contributed by atoms with Crippen molar-refractivity contribution in [2.75, 3.05) is 10.1 Å². The van der Waals surface area contributed by atoms with Gasteiger partial charge < -0.3 is 0 Å². The number of nitrogens with zero attached hydrogens (tertiary/aromatic N) is 3. The van der Waals surface area contributed by atoms with Gasteiger partial charge in [-0.1, -0.05) is 23.8 Å². The summed E-state index contributed by atoms with van der Waals surface area (Å²) in [5.74, 6) is 0. The van der Waals surface area contributed by atoms with Gasteiger partial charge in [0.15, 0.2) is 0 Å². The number of nitrogens with one attached hydrogen (secondary N) is 2. The van der Waals surface area contributed by atoms with Gasteiger partial charge in [-0.05, 0) is 43.7 Å². The number of hydrazone groups is 1. The summed E-state index contributed by atoms with van der Waals surface area (Å²) in [4.78, 5) is 14.5. The van der Waals surface area contributed by atoms with E-state index in [4.69, 9.17) is 0 Å². The number of benzene rings is 2. The Morgan fingerprint density at radius 2 is 1.87 bits per heavy atom. The van der Waals surface area contributed by atoms with Gasteiger partial charge in [-0.25, -0.2) is 8.42 Å². The van der Waals surface area contributed by atoms with E-state index >= 15 is 0 Å². The first-order valence-corrected chi connectivity index (χ1v) is 10.3. The highest BCUT2D eigenvalue weighted by Crippen LogP contribution is 2.29. The van der Waals surface area contributed by atoms with E-state index in [0.29, 0.717) is 11.3 Å². The van der Waals surface area contributed by atoms with Crippen molar-refractivity contribution in [1.29, 1.82) is 0 Å². The molecule has 1 heterocycles. The third-order valence-corrected chi connectivity index (χ3v) is 5.55. The molecule has 0 unspecified atom stereocenters. The number of nitro benzene ring substituents is 1. The lowest BCUT2D eigenvalue weighted by Gasteiger charge is -2.12. The summed E-state index contributed by atoms with van der Waals surface area (Å²) in [6.45, 7) is 3.68. The summed E-state index contributed by atoms with van der Waals surface area (Å²) in [5, 5.41) is 15.4. The molecule has 9 nitrogen and oxygen atoms in total. The number of aromatic nitrogens is 1. The van der Waals surface area contributed by atoms with Gasteiger partial charge in [0.25, 0.3) is 15.7 Å². The van der Waals surface area contributed by atoms with Crippen molar-refractivity contribution in [3.63, 3.8) is 0 Å². The molecule has 2 aromatic carbocycles. The second-order valence-electron chi connectivity index (χ2n) is 6.52. The third-order valence-electron chi connectivity index (χ3n) is 4.19. The van der Waals surface area contributed by atoms with Crippen molar-refractivity contribution < 1.29 is 13.3 Å². The van der Waals surface area contributed by atoms with Gasteiger partial charge in [0.05, 0.1) is 21.7 Å². The standard InChI is InChI=1S/C20H19N5O4S/c1-14-5-7-18(15(2)10-14)24-30(28,29)17-6-8-19(20(11-17)25(26)27)23-22-13-16-4-3-9-21-12-16/h3-13,23-24H,1-2H3. The van der Waals surface area contributed by atoms with Crippen molar-refractivity contribution in [3.8, 4) is 0 Å². The Hall–Kier alpha value is -3.79. The molecule has 0 amide bonds. The molecule has 0 fully saturated rings. The number of aryl methyl sites for hydroxylation is 2. The van der Waals surface area contributed by atoms with E-state index in [-0.39, 0.29) is 10.6 Å². The molecule has 3 aromatic rings. The minimum Gasteiger partial charge on any atom is -0.279 e. The minimum atomic E-state index is -4.01. The highest BCUT2D eigenvalue weighted by Gasteiger charge is 2.22. The lowest BCUT2D eigenvalue weighted by atomic mass is 10.1. The summed E-state index contributed by atoms with van der Waals surface area (Å²) < 4.78 is 27.9. The number of pyridine rings is 1. The highest BCUT2D eigenvalue weighted by molar-refractivity contribution is 7.92. The average molecular weight is 425 g/mol. The quantitative estimate of drug-likeness (QED) is 0.336. The van der Waals surface area contributed by atoms with Crippen LogP contribution in [0.4, 0.5) is 17.1 Å². The predicted octanol–water partition coefficient (Wildman–Crippen LogP) is 3.85. The van der Waals surface area contributed by atoms with Gasteiger partial charge in [-0.3, -0.25) is 25.2 Å². The molecule has 0 aliphatic rings. The van der Waals surface area contributed by atoms with Gasteiger partial charge >= 0.3 is 0 Å². The maximum Gasteiger partial charge on any atom is 0.295 e. The Labute approximate surface area is 173 Å². The molecule has 0 spiro atoms. The molecule has 0 bridgehead atoms. The zero-order chi connectivity index (χ0) is 21.7. The molecular formula is C20H19N5O4S. The molecule has 1 aromatic heterocycles. The number of rotatable bonds is 7. The van der Waals surface area contributed by atoms with Gasteiger partial charge in [-0.15, -0.1) is 0 Å². The van der Waals surface area contributed by atoms with E-state index in [1.807, 2.05) is 13.0 Å². The molecule has 0 saturated carbocycles. The van der Waals surface area contributed by atoms with Crippen LogP contribution in [-0.2, 0) is 10.0 Å². The number of sulfonamides is 1. The van der Waals surface area contributed by atoms with E-state index < -0.39 is 20.6 Å². The molecule has 2 N–H and O–H groups in total. The SMILES string of the molecule is Cc1ccc(NS(=O)(=O)c2ccc(NN=Cc3cccnc3)c([N+](=O)[O-])c2)c(C)c1. The van der Waals surface area contributed by atoms with Crippen LogP contribution < -0.4 is 10.1 Å². The zero-order valence-corrected chi connectivity index (χ0v) is 17.1. The molecule has 0 saturated heterocycles. The van der Waals surface area contributed by atoms with Crippen LogP contribution in [-0.4, -0.2) is 24.5 Å². The first kappa shape index (κ1) is 20.9. The molecule has 0 aliphatic carbocycles. The van der Waals surface area contributed by atoms with Crippen LogP contribution in [0, 0.1) is 24.0 Å². The highest BCUT2D eigenvalue weighted by atomic mass is 32.2. The normalized spacial score (nSPS) is 11.4. The number of nitro groups is 1. The van der Waals surface area contributed by atoms with E-state index in [9.17, 15) is 18.5 Å². The van der Waals surface area contributed by atoms with Crippen molar-refractivity contribution in [2.24, 2.45) is 5.10 Å². The largest absolute Gasteiger partial charge is 0.295 e. The Balaban J connectivity index is 1.86. The Morgan fingerprint density at radius 3 is 2.53 bits per heavy atom. The fourth-order valence-electron chi connectivity index (χ4n) is 2.68. The maximum absolute atomic E-state index is 12.7. The maximum atomic E-state index is 12.7. The second kappa shape index (κ2) is 8.70. The summed E-state index contributed by atoms with van der Waals surface area (Å²) in [5.41, 5.74) is 5.07. The Morgan fingerprint density at radius 1 is 1.10 bits per heavy atom. The van der Waals surface area contributed by atoms with E-state index in [0.717, 1.165) is 17.2 Å². The van der Waals surface area contributed by atoms with Crippen LogP contribution in [0.25, 0.3) is 0 Å². The summed E-state index contributed by atoms with van der Waals surface area (Å²) in [6.07, 6.45) is 4.64. The number of hydrogen-bond donors (Lipinski definition) is 2. The molecule has 0 aliphatic heterocycles. The molecule has 0 atom stereocenters. The van der Waals surface area contributed by atoms with Crippen LogP contribution in [0.5, 0.6) is 0 Å². The van der Waals surface area contributed by atoms with Gasteiger partial charge in [0, 0.05) is 24.0 Å². The second-order valence-corrected chi connectivity index (χ2v) is 8.20. The van der Waals surface area contributed by atoms with Crippen LogP contribution in [0.1, 0.15) is 16.7 Å². The van der Waals surface area contributed by atoms with Gasteiger partial charge in [0.2, 0.25) is 0 Å². The summed E-state index contributed by atoms with van der Waals surface area (Å²) in [7, 11) is -4.01.